The van der Waals surface area contributed by atoms with Crippen molar-refractivity contribution in [3.63, 3.8) is 0 Å². The number of nitrogens with one attached hydrogen (secondary N) is 1. The number of rotatable bonds is 8. The molecule has 0 bridgehead atoms. The van der Waals surface area contributed by atoms with Gasteiger partial charge in [0.2, 0.25) is 5.91 Å². The van der Waals surface area contributed by atoms with E-state index in [1.807, 2.05) is 54.7 Å². The molecule has 3 rings (SSSR count). The lowest BCUT2D eigenvalue weighted by Gasteiger charge is -2.13. The Morgan fingerprint density at radius 3 is 2.75 bits per heavy atom. The molecule has 1 amide bonds. The molecule has 2 aromatic carbocycles. The van der Waals surface area contributed by atoms with Crippen molar-refractivity contribution in [2.24, 2.45) is 0 Å². The molecule has 0 saturated heterocycles. The lowest BCUT2D eigenvalue weighted by atomic mass is 10.2. The molecule has 0 saturated carbocycles. The number of anilines is 1. The Morgan fingerprint density at radius 1 is 1.21 bits per heavy atom. The summed E-state index contributed by atoms with van der Waals surface area (Å²) in [6.45, 7) is 0.864. The maximum absolute atomic E-state index is 12.2. The van der Waals surface area contributed by atoms with Gasteiger partial charge in [0.25, 0.3) is 0 Å². The lowest BCUT2D eigenvalue weighted by molar-refractivity contribution is -0.120. The van der Waals surface area contributed by atoms with Crippen LogP contribution in [0.25, 0.3) is 0 Å². The van der Waals surface area contributed by atoms with Gasteiger partial charge in [0.1, 0.15) is 17.4 Å². The highest BCUT2D eigenvalue weighted by Crippen LogP contribution is 2.18. The summed E-state index contributed by atoms with van der Waals surface area (Å²) in [4.78, 5) is 18.7. The van der Waals surface area contributed by atoms with Crippen LogP contribution in [0, 0.1) is 0 Å². The van der Waals surface area contributed by atoms with E-state index in [2.05, 4.69) is 16.4 Å². The molecule has 0 aliphatic rings. The third-order valence-corrected chi connectivity index (χ3v) is 5.16. The van der Waals surface area contributed by atoms with E-state index in [1.165, 1.54) is 11.3 Å². The molecule has 146 valence electrons. The molecule has 0 fully saturated rings. The number of nitrogens with zero attached hydrogens (tertiary/aromatic N) is 2. The minimum Gasteiger partial charge on any atom is -0.486 e. The van der Waals surface area contributed by atoms with Crippen molar-refractivity contribution in [3.05, 3.63) is 75.2 Å². The molecule has 0 aliphatic heterocycles. The summed E-state index contributed by atoms with van der Waals surface area (Å²) < 4.78 is 5.69. The van der Waals surface area contributed by atoms with Crippen LogP contribution in [0.2, 0.25) is 5.02 Å². The van der Waals surface area contributed by atoms with Gasteiger partial charge in [-0.2, -0.15) is 0 Å². The summed E-state index contributed by atoms with van der Waals surface area (Å²) in [5.74, 6) is 0.685. The molecule has 1 N–H and O–H groups in total. The Labute approximate surface area is 173 Å². The maximum atomic E-state index is 12.2. The molecular weight excluding hydrogens is 394 g/mol. The van der Waals surface area contributed by atoms with E-state index in [0.29, 0.717) is 18.2 Å². The zero-order chi connectivity index (χ0) is 19.9. The van der Waals surface area contributed by atoms with Gasteiger partial charge in [-0.3, -0.25) is 4.79 Å². The van der Waals surface area contributed by atoms with Crippen molar-refractivity contribution < 1.29 is 9.53 Å². The SMILES string of the molecule is CN(C)c1cccc(CNC(=O)Cc2csc(COc3ccc(Cl)cc3)n2)c1. The standard InChI is InChI=1S/C21H22ClN3O2S/c1-25(2)18-5-3-4-15(10-18)12-23-20(26)11-17-14-28-21(24-17)13-27-19-8-6-16(22)7-9-19/h3-10,14H,11-13H2,1-2H3,(H,23,26). The van der Waals surface area contributed by atoms with Gasteiger partial charge in [0.15, 0.2) is 0 Å². The normalized spacial score (nSPS) is 10.5. The predicted octanol–water partition coefficient (Wildman–Crippen LogP) is 4.30. The quantitative estimate of drug-likeness (QED) is 0.596. The molecule has 1 aromatic heterocycles. The number of aromatic nitrogens is 1. The van der Waals surface area contributed by atoms with Crippen molar-refractivity contribution >= 4 is 34.5 Å². The van der Waals surface area contributed by atoms with Crippen molar-refractivity contribution in [1.29, 1.82) is 0 Å². The van der Waals surface area contributed by atoms with Crippen molar-refractivity contribution in [1.82, 2.24) is 10.3 Å². The highest BCUT2D eigenvalue weighted by molar-refractivity contribution is 7.09. The number of carbonyl (C=O) groups excluding carboxylic acids is 1. The maximum Gasteiger partial charge on any atom is 0.226 e. The molecule has 0 atom stereocenters. The second kappa shape index (κ2) is 9.57. The van der Waals surface area contributed by atoms with E-state index in [4.69, 9.17) is 16.3 Å². The zero-order valence-corrected chi connectivity index (χ0v) is 17.4. The molecule has 0 spiro atoms. The lowest BCUT2D eigenvalue weighted by Crippen LogP contribution is -2.24. The Hall–Kier alpha value is -2.57. The van der Waals surface area contributed by atoms with Crippen LogP contribution in [-0.4, -0.2) is 25.0 Å². The summed E-state index contributed by atoms with van der Waals surface area (Å²) >= 11 is 7.35. The Morgan fingerprint density at radius 2 is 2.00 bits per heavy atom. The molecule has 0 unspecified atom stereocenters. The Balaban J connectivity index is 1.47. The minimum absolute atomic E-state index is 0.0503. The van der Waals surface area contributed by atoms with Crippen LogP contribution in [0.1, 0.15) is 16.3 Å². The van der Waals surface area contributed by atoms with Crippen LogP contribution < -0.4 is 15.0 Å². The fourth-order valence-electron chi connectivity index (χ4n) is 2.54. The molecule has 1 heterocycles. The summed E-state index contributed by atoms with van der Waals surface area (Å²) in [6.07, 6.45) is 0.255. The molecule has 0 radical (unpaired) electrons. The topological polar surface area (TPSA) is 54.5 Å². The molecule has 28 heavy (non-hydrogen) atoms. The van der Waals surface area contributed by atoms with Gasteiger partial charge in [-0.15, -0.1) is 11.3 Å². The van der Waals surface area contributed by atoms with Gasteiger partial charge in [-0.1, -0.05) is 23.7 Å². The van der Waals surface area contributed by atoms with Crippen molar-refractivity contribution in [3.8, 4) is 5.75 Å². The van der Waals surface area contributed by atoms with E-state index >= 15 is 0 Å². The number of benzene rings is 2. The van der Waals surface area contributed by atoms with Crippen molar-refractivity contribution in [2.45, 2.75) is 19.6 Å². The van der Waals surface area contributed by atoms with Gasteiger partial charge in [-0.05, 0) is 42.0 Å². The highest BCUT2D eigenvalue weighted by atomic mass is 35.5. The molecule has 0 aliphatic carbocycles. The van der Waals surface area contributed by atoms with Gasteiger partial charge in [-0.25, -0.2) is 4.98 Å². The third kappa shape index (κ3) is 5.97. The van der Waals surface area contributed by atoms with Crippen LogP contribution in [0.3, 0.4) is 0 Å². The Bertz CT molecular complexity index is 925. The second-order valence-electron chi connectivity index (χ2n) is 6.49. The number of ether oxygens (including phenoxy) is 1. The average Bonchev–Trinajstić information content (AvgIpc) is 3.13. The van der Waals surface area contributed by atoms with Gasteiger partial charge in [0.05, 0.1) is 12.1 Å². The number of carbonyl (C=O) groups is 1. The first-order valence-electron chi connectivity index (χ1n) is 8.84. The van der Waals surface area contributed by atoms with E-state index in [-0.39, 0.29) is 12.3 Å². The molecule has 3 aromatic rings. The highest BCUT2D eigenvalue weighted by Gasteiger charge is 2.09. The predicted molar refractivity (Wildman–Crippen MR) is 114 cm³/mol. The summed E-state index contributed by atoms with van der Waals surface area (Å²) in [7, 11) is 3.99. The van der Waals surface area contributed by atoms with Gasteiger partial charge < -0.3 is 15.0 Å². The van der Waals surface area contributed by atoms with E-state index in [0.717, 1.165) is 27.7 Å². The summed E-state index contributed by atoms with van der Waals surface area (Å²) in [6, 6.07) is 15.3. The minimum atomic E-state index is -0.0503. The first-order chi connectivity index (χ1) is 13.5. The first kappa shape index (κ1) is 20.2. The molecule has 7 heteroatoms. The van der Waals surface area contributed by atoms with E-state index in [1.54, 1.807) is 12.1 Å². The summed E-state index contributed by atoms with van der Waals surface area (Å²) in [5.41, 5.74) is 2.92. The van der Waals surface area contributed by atoms with Crippen LogP contribution in [0.4, 0.5) is 5.69 Å². The van der Waals surface area contributed by atoms with Crippen LogP contribution >= 0.6 is 22.9 Å². The monoisotopic (exact) mass is 415 g/mol. The second-order valence-corrected chi connectivity index (χ2v) is 7.87. The van der Waals surface area contributed by atoms with E-state index < -0.39 is 0 Å². The number of halogens is 1. The smallest absolute Gasteiger partial charge is 0.226 e. The molecular formula is C21H22ClN3O2S. The fraction of sp³-hybridized carbons (Fsp3) is 0.238. The number of hydrogen-bond donors (Lipinski definition) is 1. The zero-order valence-electron chi connectivity index (χ0n) is 15.8. The van der Waals surface area contributed by atoms with Crippen LogP contribution in [0.5, 0.6) is 5.75 Å². The van der Waals surface area contributed by atoms with Crippen molar-refractivity contribution in [2.75, 3.05) is 19.0 Å². The number of thiazole rings is 1. The van der Waals surface area contributed by atoms with Gasteiger partial charge >= 0.3 is 0 Å². The van der Waals surface area contributed by atoms with Gasteiger partial charge in [0, 0.05) is 36.7 Å². The summed E-state index contributed by atoms with van der Waals surface area (Å²) in [5, 5.41) is 6.34. The van der Waals surface area contributed by atoms with Crippen LogP contribution in [-0.2, 0) is 24.4 Å². The Kier molecular flexibility index (Phi) is 6.90. The number of hydrogen-bond acceptors (Lipinski definition) is 5. The third-order valence-electron chi connectivity index (χ3n) is 4.03. The molecule has 5 nitrogen and oxygen atoms in total. The average molecular weight is 416 g/mol. The number of amides is 1. The fourth-order valence-corrected chi connectivity index (χ4v) is 3.38. The van der Waals surface area contributed by atoms with E-state index in [9.17, 15) is 4.79 Å². The first-order valence-corrected chi connectivity index (χ1v) is 10.1. The van der Waals surface area contributed by atoms with Crippen LogP contribution in [0.15, 0.2) is 53.9 Å². The largest absolute Gasteiger partial charge is 0.486 e.